The molecule has 2 aliphatic rings. The first-order valence-electron chi connectivity index (χ1n) is 11.3. The fourth-order valence-electron chi connectivity index (χ4n) is 4.24. The first-order valence-corrected chi connectivity index (χ1v) is 11.3. The summed E-state index contributed by atoms with van der Waals surface area (Å²) in [5, 5.41) is 2.63. The van der Waals surface area contributed by atoms with Crippen LogP contribution in [-0.4, -0.2) is 73.8 Å². The summed E-state index contributed by atoms with van der Waals surface area (Å²) in [4.78, 5) is 32.6. The van der Waals surface area contributed by atoms with Gasteiger partial charge in [0.25, 0.3) is 6.67 Å². The van der Waals surface area contributed by atoms with Crippen LogP contribution in [0.3, 0.4) is 0 Å². The molecule has 2 saturated heterocycles. The average molecular weight is 466 g/mol. The molecule has 178 valence electrons. The number of hydrogen-bond acceptors (Lipinski definition) is 5. The third-order valence-corrected chi connectivity index (χ3v) is 6.12. The Morgan fingerprint density at radius 3 is 2.50 bits per heavy atom. The van der Waals surface area contributed by atoms with E-state index in [0.29, 0.717) is 17.9 Å². The van der Waals surface area contributed by atoms with E-state index in [4.69, 9.17) is 11.3 Å². The summed E-state index contributed by atoms with van der Waals surface area (Å²) in [6, 6.07) is 12.6. The van der Waals surface area contributed by atoms with Crippen LogP contribution in [0.4, 0.5) is 14.9 Å². The van der Waals surface area contributed by atoms with Crippen molar-refractivity contribution in [3.63, 3.8) is 0 Å². The Labute approximate surface area is 198 Å². The molecule has 8 nitrogen and oxygen atoms in total. The van der Waals surface area contributed by atoms with Gasteiger partial charge in [-0.25, -0.2) is 20.7 Å². The summed E-state index contributed by atoms with van der Waals surface area (Å²) in [6.07, 6.45) is -1.02. The molecule has 0 saturated carbocycles. The molecule has 1 atom stereocenters. The molecule has 4 rings (SSSR count). The Kier molecular flexibility index (Phi) is 7.40. The molecular weight excluding hydrogens is 437 g/mol. The van der Waals surface area contributed by atoms with Gasteiger partial charge in [0.15, 0.2) is 0 Å². The zero-order valence-corrected chi connectivity index (χ0v) is 19.2. The van der Waals surface area contributed by atoms with Crippen LogP contribution in [-0.2, 0) is 16.1 Å². The minimum atomic E-state index is -0.554. The smallest absolute Gasteiger partial charge is 0.414 e. The van der Waals surface area contributed by atoms with Gasteiger partial charge in [0.1, 0.15) is 11.9 Å². The first kappa shape index (κ1) is 23.7. The number of carbonyl (C=O) groups is 2. The van der Waals surface area contributed by atoms with Crippen molar-refractivity contribution >= 4 is 17.7 Å². The molecule has 0 bridgehead atoms. The second-order valence-electron chi connectivity index (χ2n) is 8.61. The van der Waals surface area contributed by atoms with Crippen molar-refractivity contribution in [1.29, 1.82) is 0 Å². The van der Waals surface area contributed by atoms with Crippen LogP contribution in [0.25, 0.3) is 16.0 Å². The fourth-order valence-corrected chi connectivity index (χ4v) is 4.24. The molecule has 34 heavy (non-hydrogen) atoms. The number of benzene rings is 2. The number of rotatable bonds is 7. The van der Waals surface area contributed by atoms with E-state index in [1.807, 2.05) is 24.3 Å². The van der Waals surface area contributed by atoms with Crippen molar-refractivity contribution in [2.45, 2.75) is 19.6 Å². The topological polar surface area (TPSA) is 69.5 Å². The highest BCUT2D eigenvalue weighted by Crippen LogP contribution is 2.29. The number of anilines is 1. The van der Waals surface area contributed by atoms with Crippen LogP contribution in [0.15, 0.2) is 42.5 Å². The number of amides is 2. The molecule has 0 spiro atoms. The number of cyclic esters (lactones) is 1. The van der Waals surface area contributed by atoms with Crippen molar-refractivity contribution in [2.24, 2.45) is 0 Å². The monoisotopic (exact) mass is 465 g/mol. The van der Waals surface area contributed by atoms with Gasteiger partial charge in [-0.15, -0.1) is 0 Å². The summed E-state index contributed by atoms with van der Waals surface area (Å²) in [6.45, 7) is 13.8. The number of halogens is 1. The summed E-state index contributed by atoms with van der Waals surface area (Å²) in [7, 11) is 0. The van der Waals surface area contributed by atoms with Gasteiger partial charge in [-0.2, -0.15) is 0 Å². The van der Waals surface area contributed by atoms with Crippen LogP contribution >= 0.6 is 0 Å². The van der Waals surface area contributed by atoms with Gasteiger partial charge in [-0.1, -0.05) is 24.3 Å². The molecule has 2 fully saturated rings. The normalized spacial score (nSPS) is 19.0. The third-order valence-electron chi connectivity index (χ3n) is 6.12. The maximum atomic E-state index is 15.0. The van der Waals surface area contributed by atoms with Gasteiger partial charge in [0, 0.05) is 45.2 Å². The minimum absolute atomic E-state index is 0.199. The van der Waals surface area contributed by atoms with E-state index in [2.05, 4.69) is 20.0 Å². The quantitative estimate of drug-likeness (QED) is 0.637. The van der Waals surface area contributed by atoms with Crippen molar-refractivity contribution < 1.29 is 18.7 Å². The molecule has 2 aromatic rings. The van der Waals surface area contributed by atoms with Gasteiger partial charge in [-0.3, -0.25) is 19.4 Å². The van der Waals surface area contributed by atoms with Crippen LogP contribution in [0.5, 0.6) is 0 Å². The predicted molar refractivity (Wildman–Crippen MR) is 126 cm³/mol. The van der Waals surface area contributed by atoms with E-state index in [9.17, 15) is 14.0 Å². The number of nitrogens with zero attached hydrogens (tertiary/aromatic N) is 4. The lowest BCUT2D eigenvalue weighted by Crippen LogP contribution is -2.45. The van der Waals surface area contributed by atoms with E-state index in [1.165, 1.54) is 17.9 Å². The van der Waals surface area contributed by atoms with Crippen molar-refractivity contribution in [3.05, 3.63) is 65.3 Å². The zero-order chi connectivity index (χ0) is 24.1. The Morgan fingerprint density at radius 2 is 1.85 bits per heavy atom. The molecule has 2 aliphatic heterocycles. The molecule has 2 aromatic carbocycles. The average Bonchev–Trinajstić information content (AvgIpc) is 3.20. The van der Waals surface area contributed by atoms with E-state index in [0.717, 1.165) is 43.9 Å². The summed E-state index contributed by atoms with van der Waals surface area (Å²) >= 11 is 0. The molecule has 1 unspecified atom stereocenters. The van der Waals surface area contributed by atoms with Gasteiger partial charge in [0.05, 0.1) is 18.8 Å². The van der Waals surface area contributed by atoms with Gasteiger partial charge in [0.2, 0.25) is 5.91 Å². The van der Waals surface area contributed by atoms with Crippen molar-refractivity contribution in [1.82, 2.24) is 15.1 Å². The Balaban J connectivity index is 1.37. The Hall–Kier alpha value is -3.48. The molecule has 2 heterocycles. The first-order chi connectivity index (χ1) is 16.4. The van der Waals surface area contributed by atoms with Crippen molar-refractivity contribution in [2.75, 3.05) is 50.8 Å². The molecular formula is C25H28FN5O3. The number of nitrogens with one attached hydrogen (secondary N) is 1. The summed E-state index contributed by atoms with van der Waals surface area (Å²) in [5.41, 5.74) is 2.81. The summed E-state index contributed by atoms with van der Waals surface area (Å²) in [5.74, 6) is -0.616. The van der Waals surface area contributed by atoms with E-state index >= 15 is 0 Å². The summed E-state index contributed by atoms with van der Waals surface area (Å²) < 4.78 is 20.2. The molecule has 0 aromatic heterocycles. The van der Waals surface area contributed by atoms with E-state index in [1.54, 1.807) is 12.1 Å². The van der Waals surface area contributed by atoms with E-state index < -0.39 is 18.0 Å². The highest BCUT2D eigenvalue weighted by atomic mass is 19.1. The molecule has 2 amide bonds. The predicted octanol–water partition coefficient (Wildman–Crippen LogP) is 2.95. The number of hydrogen-bond donors (Lipinski definition) is 1. The maximum Gasteiger partial charge on any atom is 0.414 e. The van der Waals surface area contributed by atoms with Crippen molar-refractivity contribution in [3.8, 4) is 11.1 Å². The number of carbonyl (C=O) groups excluding carboxylic acids is 2. The lowest BCUT2D eigenvalue weighted by Gasteiger charge is -2.31. The molecule has 0 aliphatic carbocycles. The largest absolute Gasteiger partial charge is 0.442 e. The fraction of sp³-hybridized carbons (Fsp3) is 0.400. The molecule has 9 heteroatoms. The number of ether oxygens (including phenoxy) is 1. The van der Waals surface area contributed by atoms with E-state index in [-0.39, 0.29) is 19.0 Å². The standard InChI is InChI=1S/C25H28FN5O3/c1-18(32)28-14-22-16-31(25(33)34-22)21-7-8-23(24(26)13-21)20-5-3-19(4-6-20)15-29-9-11-30(12-10-29)17-27-2/h3-8,13,22H,9-12,14-17H2,1H3,(H,28,32). The Bertz CT molecular complexity index is 1080. The molecule has 1 N–H and O–H groups in total. The second-order valence-corrected chi connectivity index (χ2v) is 8.61. The third kappa shape index (κ3) is 5.71. The van der Waals surface area contributed by atoms with Crippen LogP contribution in [0.2, 0.25) is 0 Å². The van der Waals surface area contributed by atoms with Gasteiger partial charge in [-0.05, 0) is 29.3 Å². The van der Waals surface area contributed by atoms with Crippen LogP contribution < -0.4 is 10.2 Å². The zero-order valence-electron chi connectivity index (χ0n) is 19.2. The van der Waals surface area contributed by atoms with Crippen LogP contribution in [0.1, 0.15) is 12.5 Å². The highest BCUT2D eigenvalue weighted by Gasteiger charge is 2.32. The number of piperazine rings is 1. The highest BCUT2D eigenvalue weighted by molar-refractivity contribution is 5.90. The lowest BCUT2D eigenvalue weighted by molar-refractivity contribution is -0.119. The van der Waals surface area contributed by atoms with Crippen LogP contribution in [0, 0.1) is 12.4 Å². The molecule has 0 radical (unpaired) electrons. The maximum absolute atomic E-state index is 15.0. The lowest BCUT2D eigenvalue weighted by atomic mass is 10.0. The Morgan fingerprint density at radius 1 is 1.15 bits per heavy atom. The SMILES string of the molecule is [C-]#[N+]CN1CCN(Cc2ccc(-c3ccc(N4CC(CNC(C)=O)OC4=O)cc3F)cc2)CC1. The second kappa shape index (κ2) is 10.6. The minimum Gasteiger partial charge on any atom is -0.442 e. The van der Waals surface area contributed by atoms with Gasteiger partial charge >= 0.3 is 6.09 Å². The van der Waals surface area contributed by atoms with Gasteiger partial charge < -0.3 is 10.1 Å².